The summed E-state index contributed by atoms with van der Waals surface area (Å²) in [6, 6.07) is 2.10. The largest absolute Gasteiger partial charge is 0.466 e. The van der Waals surface area contributed by atoms with Crippen molar-refractivity contribution in [1.29, 1.82) is 0 Å². The summed E-state index contributed by atoms with van der Waals surface area (Å²) in [5.41, 5.74) is 9.23. The van der Waals surface area contributed by atoms with Crippen molar-refractivity contribution in [2.75, 3.05) is 25.4 Å². The standard InChI is InChI=1S/C19H23N3O3S/c1-2-25-19(24)12-6-4-8-22(10-12)18(23)16-15(20)13-9-11-5-3-7-14(11)21-17(13)26-16/h9,12H,2-8,10,20H2,1H3. The molecule has 7 heteroatoms. The van der Waals surface area contributed by atoms with Crippen molar-refractivity contribution in [2.24, 2.45) is 5.92 Å². The molecule has 0 spiro atoms. The number of aromatic nitrogens is 1. The molecule has 2 aliphatic rings. The van der Waals surface area contributed by atoms with Gasteiger partial charge in [-0.15, -0.1) is 11.3 Å². The second-order valence-electron chi connectivity index (χ2n) is 6.99. The number of pyridine rings is 1. The summed E-state index contributed by atoms with van der Waals surface area (Å²) in [5, 5.41) is 0.887. The number of rotatable bonds is 3. The van der Waals surface area contributed by atoms with E-state index in [1.54, 1.807) is 11.8 Å². The highest BCUT2D eigenvalue weighted by Gasteiger charge is 2.32. The van der Waals surface area contributed by atoms with Crippen molar-refractivity contribution >= 4 is 39.1 Å². The van der Waals surface area contributed by atoms with Gasteiger partial charge in [0.05, 0.1) is 18.2 Å². The SMILES string of the molecule is CCOC(=O)C1CCCN(C(=O)c2sc3nc4c(cc3c2N)CCC4)C1. The summed E-state index contributed by atoms with van der Waals surface area (Å²) in [6.45, 7) is 3.20. The minimum atomic E-state index is -0.245. The summed E-state index contributed by atoms with van der Waals surface area (Å²) < 4.78 is 5.12. The van der Waals surface area contributed by atoms with Gasteiger partial charge >= 0.3 is 5.97 Å². The van der Waals surface area contributed by atoms with E-state index in [9.17, 15) is 9.59 Å². The number of ether oxygens (including phenoxy) is 1. The highest BCUT2D eigenvalue weighted by Crippen LogP contribution is 2.37. The van der Waals surface area contributed by atoms with Crippen LogP contribution >= 0.6 is 11.3 Å². The molecule has 4 rings (SSSR count). The fourth-order valence-electron chi connectivity index (χ4n) is 3.91. The zero-order chi connectivity index (χ0) is 18.3. The zero-order valence-corrected chi connectivity index (χ0v) is 15.7. The van der Waals surface area contributed by atoms with Crippen molar-refractivity contribution < 1.29 is 14.3 Å². The molecule has 0 saturated carbocycles. The zero-order valence-electron chi connectivity index (χ0n) is 14.9. The van der Waals surface area contributed by atoms with Crippen LogP contribution in [0.3, 0.4) is 0 Å². The average Bonchev–Trinajstić information content (AvgIpc) is 3.24. The van der Waals surface area contributed by atoms with Crippen LogP contribution in [0.2, 0.25) is 0 Å². The van der Waals surface area contributed by atoms with Crippen molar-refractivity contribution in [1.82, 2.24) is 9.88 Å². The van der Waals surface area contributed by atoms with E-state index >= 15 is 0 Å². The van der Waals surface area contributed by atoms with Gasteiger partial charge in [-0.25, -0.2) is 4.98 Å². The van der Waals surface area contributed by atoms with Gasteiger partial charge in [0.15, 0.2) is 0 Å². The first-order valence-corrected chi connectivity index (χ1v) is 10.1. The average molecular weight is 373 g/mol. The lowest BCUT2D eigenvalue weighted by Crippen LogP contribution is -2.42. The molecule has 3 heterocycles. The molecule has 0 bridgehead atoms. The molecule has 1 aliphatic carbocycles. The van der Waals surface area contributed by atoms with Crippen molar-refractivity contribution in [2.45, 2.75) is 39.0 Å². The number of amides is 1. The number of esters is 1. The molecule has 2 aromatic heterocycles. The third kappa shape index (κ3) is 2.94. The van der Waals surface area contributed by atoms with Gasteiger partial charge in [-0.3, -0.25) is 9.59 Å². The number of hydrogen-bond donors (Lipinski definition) is 1. The second kappa shape index (κ2) is 6.87. The molecule has 1 fully saturated rings. The summed E-state index contributed by atoms with van der Waals surface area (Å²) in [6.07, 6.45) is 4.73. The summed E-state index contributed by atoms with van der Waals surface area (Å²) >= 11 is 1.37. The van der Waals surface area contributed by atoms with Crippen LogP contribution in [0.5, 0.6) is 0 Å². The number of carbonyl (C=O) groups is 2. The maximum atomic E-state index is 13.0. The van der Waals surface area contributed by atoms with E-state index in [1.807, 2.05) is 0 Å². The molecular weight excluding hydrogens is 350 g/mol. The number of hydrogen-bond acceptors (Lipinski definition) is 6. The first-order chi connectivity index (χ1) is 12.6. The van der Waals surface area contributed by atoms with E-state index in [4.69, 9.17) is 15.5 Å². The Bertz CT molecular complexity index is 877. The van der Waals surface area contributed by atoms with Gasteiger partial charge in [-0.2, -0.15) is 0 Å². The monoisotopic (exact) mass is 373 g/mol. The first-order valence-electron chi connectivity index (χ1n) is 9.25. The van der Waals surface area contributed by atoms with Crippen LogP contribution in [0.15, 0.2) is 6.07 Å². The predicted octanol–water partition coefficient (Wildman–Crippen LogP) is 2.78. The van der Waals surface area contributed by atoms with E-state index < -0.39 is 0 Å². The Morgan fingerprint density at radius 3 is 3.04 bits per heavy atom. The third-order valence-electron chi connectivity index (χ3n) is 5.27. The van der Waals surface area contributed by atoms with E-state index in [0.29, 0.717) is 30.3 Å². The number of nitrogen functional groups attached to an aromatic ring is 1. The predicted molar refractivity (Wildman–Crippen MR) is 101 cm³/mol. The van der Waals surface area contributed by atoms with Crippen LogP contribution in [0.1, 0.15) is 47.1 Å². The highest BCUT2D eigenvalue weighted by atomic mass is 32.1. The molecule has 1 aliphatic heterocycles. The molecule has 2 N–H and O–H groups in total. The highest BCUT2D eigenvalue weighted by molar-refractivity contribution is 7.21. The summed E-state index contributed by atoms with van der Waals surface area (Å²) in [4.78, 5) is 32.9. The van der Waals surface area contributed by atoms with Gasteiger partial charge in [0, 0.05) is 24.2 Å². The number of piperidine rings is 1. The van der Waals surface area contributed by atoms with Crippen LogP contribution in [-0.2, 0) is 22.4 Å². The Labute approximate surface area is 156 Å². The van der Waals surface area contributed by atoms with Crippen molar-refractivity contribution in [3.63, 3.8) is 0 Å². The van der Waals surface area contributed by atoms with Crippen LogP contribution in [0.4, 0.5) is 5.69 Å². The molecular formula is C19H23N3O3S. The topological polar surface area (TPSA) is 85.5 Å². The second-order valence-corrected chi connectivity index (χ2v) is 7.99. The number of nitrogens with zero attached hydrogens (tertiary/aromatic N) is 2. The number of nitrogens with two attached hydrogens (primary N) is 1. The maximum Gasteiger partial charge on any atom is 0.310 e. The first kappa shape index (κ1) is 17.3. The van der Waals surface area contributed by atoms with Gasteiger partial charge in [-0.05, 0) is 50.7 Å². The van der Waals surface area contributed by atoms with E-state index in [1.165, 1.54) is 16.9 Å². The molecule has 1 atom stereocenters. The van der Waals surface area contributed by atoms with Gasteiger partial charge < -0.3 is 15.4 Å². The molecule has 1 unspecified atom stereocenters. The van der Waals surface area contributed by atoms with Gasteiger partial charge in [0.1, 0.15) is 9.71 Å². The lowest BCUT2D eigenvalue weighted by atomic mass is 9.98. The fourth-order valence-corrected chi connectivity index (χ4v) is 4.98. The molecule has 1 amide bonds. The van der Waals surface area contributed by atoms with E-state index in [-0.39, 0.29) is 17.8 Å². The minimum Gasteiger partial charge on any atom is -0.466 e. The molecule has 1 saturated heterocycles. The number of anilines is 1. The van der Waals surface area contributed by atoms with E-state index in [0.717, 1.165) is 48.0 Å². The summed E-state index contributed by atoms with van der Waals surface area (Å²) in [7, 11) is 0. The van der Waals surface area contributed by atoms with Crippen molar-refractivity contribution in [3.05, 3.63) is 22.2 Å². The Kier molecular flexibility index (Phi) is 4.56. The number of likely N-dealkylation sites (tertiary alicyclic amines) is 1. The lowest BCUT2D eigenvalue weighted by Gasteiger charge is -2.31. The lowest BCUT2D eigenvalue weighted by molar-refractivity contribution is -0.149. The number of aryl methyl sites for hydroxylation is 2. The normalized spacial score (nSPS) is 19.6. The van der Waals surface area contributed by atoms with Crippen molar-refractivity contribution in [3.8, 4) is 0 Å². The van der Waals surface area contributed by atoms with Crippen LogP contribution in [0, 0.1) is 5.92 Å². The van der Waals surface area contributed by atoms with Crippen LogP contribution < -0.4 is 5.73 Å². The maximum absolute atomic E-state index is 13.0. The number of fused-ring (bicyclic) bond motifs is 2. The molecule has 0 radical (unpaired) electrons. The summed E-state index contributed by atoms with van der Waals surface area (Å²) in [5.74, 6) is -0.558. The number of thiophene rings is 1. The molecule has 6 nitrogen and oxygen atoms in total. The Balaban J connectivity index is 1.60. The molecule has 26 heavy (non-hydrogen) atoms. The van der Waals surface area contributed by atoms with Crippen LogP contribution in [-0.4, -0.2) is 41.5 Å². The third-order valence-corrected chi connectivity index (χ3v) is 6.38. The van der Waals surface area contributed by atoms with Gasteiger partial charge in [-0.1, -0.05) is 0 Å². The number of carbonyl (C=O) groups excluding carboxylic acids is 2. The minimum absolute atomic E-state index is 0.0975. The van der Waals surface area contributed by atoms with E-state index in [2.05, 4.69) is 6.07 Å². The van der Waals surface area contributed by atoms with Crippen LogP contribution in [0.25, 0.3) is 10.2 Å². The Morgan fingerprint density at radius 1 is 1.38 bits per heavy atom. The quantitative estimate of drug-likeness (QED) is 0.836. The van der Waals surface area contributed by atoms with Gasteiger partial charge in [0.25, 0.3) is 5.91 Å². The Morgan fingerprint density at radius 2 is 2.23 bits per heavy atom. The molecule has 138 valence electrons. The molecule has 2 aromatic rings. The molecule has 0 aromatic carbocycles. The Hall–Kier alpha value is -2.15. The smallest absolute Gasteiger partial charge is 0.310 e. The fraction of sp³-hybridized carbons (Fsp3) is 0.526. The van der Waals surface area contributed by atoms with Gasteiger partial charge in [0.2, 0.25) is 0 Å².